The molecule has 8 heteroatoms. The summed E-state index contributed by atoms with van der Waals surface area (Å²) in [5.41, 5.74) is 4.44. The average molecular weight is 425 g/mol. The molecule has 1 aliphatic heterocycles. The number of hydrogen-bond acceptors (Lipinski definition) is 5. The van der Waals surface area contributed by atoms with E-state index in [1.807, 2.05) is 22.8 Å². The van der Waals surface area contributed by atoms with Crippen LogP contribution in [0.4, 0.5) is 10.2 Å². The van der Waals surface area contributed by atoms with Crippen molar-refractivity contribution in [1.29, 1.82) is 0 Å². The molecule has 0 bridgehead atoms. The van der Waals surface area contributed by atoms with Gasteiger partial charge in [0.2, 0.25) is 0 Å². The Hall–Kier alpha value is -3.03. The third kappa shape index (κ3) is 3.86. The lowest BCUT2D eigenvalue weighted by atomic mass is 10.1. The van der Waals surface area contributed by atoms with Crippen LogP contribution in [0.3, 0.4) is 0 Å². The molecule has 4 aromatic rings. The largest absolute Gasteiger partial charge is 0.353 e. The van der Waals surface area contributed by atoms with E-state index < -0.39 is 0 Å². The first-order chi connectivity index (χ1) is 14.2. The molecule has 30 heavy (non-hydrogen) atoms. The Kier molecular flexibility index (Phi) is 5.65. The van der Waals surface area contributed by atoms with Crippen molar-refractivity contribution in [3.05, 3.63) is 66.9 Å². The molecule has 0 aliphatic carbocycles. The van der Waals surface area contributed by atoms with Crippen LogP contribution in [0.25, 0.3) is 28.0 Å². The van der Waals surface area contributed by atoms with E-state index in [0.29, 0.717) is 0 Å². The molecular weight excluding hydrogens is 403 g/mol. The van der Waals surface area contributed by atoms with Crippen LogP contribution in [0.5, 0.6) is 0 Å². The zero-order valence-electron chi connectivity index (χ0n) is 16.6. The lowest BCUT2D eigenvalue weighted by Crippen LogP contribution is -2.45. The maximum atomic E-state index is 13.3. The van der Waals surface area contributed by atoms with Crippen LogP contribution in [-0.2, 0) is 0 Å². The summed E-state index contributed by atoms with van der Waals surface area (Å²) in [4.78, 5) is 13.6. The number of aromatic nitrogens is 4. The number of fused-ring (bicyclic) bond motifs is 1. The van der Waals surface area contributed by atoms with Crippen molar-refractivity contribution in [2.24, 2.45) is 0 Å². The second-order valence-electron chi connectivity index (χ2n) is 7.34. The van der Waals surface area contributed by atoms with E-state index in [0.717, 1.165) is 60.0 Å². The number of imidazole rings is 1. The summed E-state index contributed by atoms with van der Waals surface area (Å²) in [5, 5.41) is 4.85. The normalized spacial score (nSPS) is 14.7. The number of likely N-dealkylation sites (N-methyl/N-ethyl adjacent to an activating group) is 1. The fraction of sp³-hybridized carbons (Fsp3) is 0.227. The van der Waals surface area contributed by atoms with Crippen molar-refractivity contribution in [3.63, 3.8) is 0 Å². The molecule has 154 valence electrons. The van der Waals surface area contributed by atoms with Gasteiger partial charge in [-0.3, -0.25) is 4.98 Å². The molecule has 0 amide bonds. The van der Waals surface area contributed by atoms with Gasteiger partial charge in [-0.1, -0.05) is 0 Å². The monoisotopic (exact) mass is 424 g/mol. The van der Waals surface area contributed by atoms with Crippen LogP contribution in [0.1, 0.15) is 0 Å². The minimum Gasteiger partial charge on any atom is -0.353 e. The molecule has 0 radical (unpaired) electrons. The minimum absolute atomic E-state index is 0. The number of halogens is 2. The van der Waals surface area contributed by atoms with Gasteiger partial charge >= 0.3 is 0 Å². The third-order valence-corrected chi connectivity index (χ3v) is 5.37. The summed E-state index contributed by atoms with van der Waals surface area (Å²) in [6, 6.07) is 12.5. The number of benzene rings is 1. The molecule has 3 aromatic heterocycles. The topological polar surface area (TPSA) is 49.6 Å². The molecule has 1 saturated heterocycles. The number of rotatable bonds is 3. The Morgan fingerprint density at radius 2 is 1.60 bits per heavy atom. The molecule has 4 heterocycles. The lowest BCUT2D eigenvalue weighted by Gasteiger charge is -2.33. The summed E-state index contributed by atoms with van der Waals surface area (Å²) in [6.07, 6.45) is 5.48. The van der Waals surface area contributed by atoms with Crippen LogP contribution in [0.15, 0.2) is 61.1 Å². The molecule has 0 N–H and O–H groups in total. The van der Waals surface area contributed by atoms with Crippen molar-refractivity contribution in [2.45, 2.75) is 0 Å². The van der Waals surface area contributed by atoms with Gasteiger partial charge < -0.3 is 9.80 Å². The summed E-state index contributed by atoms with van der Waals surface area (Å²) < 4.78 is 15.2. The third-order valence-electron chi connectivity index (χ3n) is 5.37. The van der Waals surface area contributed by atoms with E-state index in [4.69, 9.17) is 10.1 Å². The van der Waals surface area contributed by atoms with E-state index in [-0.39, 0.29) is 18.2 Å². The van der Waals surface area contributed by atoms with Crippen LogP contribution >= 0.6 is 12.4 Å². The second-order valence-corrected chi connectivity index (χ2v) is 7.34. The van der Waals surface area contributed by atoms with E-state index in [1.54, 1.807) is 24.5 Å². The van der Waals surface area contributed by atoms with Crippen LogP contribution in [-0.4, -0.2) is 57.7 Å². The molecule has 1 aromatic carbocycles. The maximum absolute atomic E-state index is 13.3. The highest BCUT2D eigenvalue weighted by Crippen LogP contribution is 2.29. The minimum atomic E-state index is -0.259. The Morgan fingerprint density at radius 3 is 2.30 bits per heavy atom. The summed E-state index contributed by atoms with van der Waals surface area (Å²) in [5.74, 6) is 0.672. The van der Waals surface area contributed by atoms with Gasteiger partial charge in [0.1, 0.15) is 11.6 Å². The number of piperazine rings is 1. The summed E-state index contributed by atoms with van der Waals surface area (Å²) in [6.45, 7) is 3.89. The molecule has 0 spiro atoms. The molecule has 1 aliphatic rings. The zero-order chi connectivity index (χ0) is 19.8. The lowest BCUT2D eigenvalue weighted by molar-refractivity contribution is 0.311. The van der Waals surface area contributed by atoms with Gasteiger partial charge in [-0.05, 0) is 55.1 Å². The molecule has 0 unspecified atom stereocenters. The van der Waals surface area contributed by atoms with E-state index in [1.165, 1.54) is 12.1 Å². The smallest absolute Gasteiger partial charge is 0.162 e. The predicted molar refractivity (Wildman–Crippen MR) is 119 cm³/mol. The first kappa shape index (κ1) is 20.3. The Morgan fingerprint density at radius 1 is 0.900 bits per heavy atom. The zero-order valence-corrected chi connectivity index (χ0v) is 17.4. The Balaban J connectivity index is 0.00000218. The predicted octanol–water partition coefficient (Wildman–Crippen LogP) is 3.77. The number of nitrogens with zero attached hydrogens (tertiary/aromatic N) is 6. The Bertz CT molecular complexity index is 1140. The first-order valence-corrected chi connectivity index (χ1v) is 9.68. The van der Waals surface area contributed by atoms with Crippen LogP contribution < -0.4 is 4.90 Å². The highest BCUT2D eigenvalue weighted by Gasteiger charge is 2.19. The van der Waals surface area contributed by atoms with Crippen molar-refractivity contribution < 1.29 is 4.39 Å². The van der Waals surface area contributed by atoms with Gasteiger partial charge in [-0.15, -0.1) is 17.5 Å². The van der Waals surface area contributed by atoms with E-state index >= 15 is 0 Å². The molecule has 5 rings (SSSR count). The average Bonchev–Trinajstić information content (AvgIpc) is 3.19. The van der Waals surface area contributed by atoms with Gasteiger partial charge in [-0.2, -0.15) is 0 Å². The van der Waals surface area contributed by atoms with Crippen LogP contribution in [0, 0.1) is 5.82 Å². The second kappa shape index (κ2) is 8.38. The number of anilines is 1. The number of hydrogen-bond donors (Lipinski definition) is 0. The Labute approximate surface area is 180 Å². The molecule has 0 saturated carbocycles. The van der Waals surface area contributed by atoms with Gasteiger partial charge in [-0.25, -0.2) is 13.9 Å². The van der Waals surface area contributed by atoms with Crippen molar-refractivity contribution in [1.82, 2.24) is 24.5 Å². The summed E-state index contributed by atoms with van der Waals surface area (Å²) in [7, 11) is 2.14. The fourth-order valence-corrected chi connectivity index (χ4v) is 3.66. The standard InChI is InChI=1S/C22H21FN6.ClH/c1-27-10-12-28(13-11-27)21-14-19(16-6-8-24-9-7-16)22-25-20(15-29(22)26-21)17-2-4-18(23)5-3-17;/h2-9,14-15H,10-13H2,1H3;1H. The van der Waals surface area contributed by atoms with Crippen LogP contribution in [0.2, 0.25) is 0 Å². The van der Waals surface area contributed by atoms with E-state index in [9.17, 15) is 4.39 Å². The van der Waals surface area contributed by atoms with Crippen molar-refractivity contribution in [3.8, 4) is 22.4 Å². The van der Waals surface area contributed by atoms with Crippen molar-refractivity contribution in [2.75, 3.05) is 38.1 Å². The van der Waals surface area contributed by atoms with Gasteiger partial charge in [0.05, 0.1) is 11.9 Å². The molecule has 6 nitrogen and oxygen atoms in total. The molecule has 1 fully saturated rings. The fourth-order valence-electron chi connectivity index (χ4n) is 3.66. The highest BCUT2D eigenvalue weighted by molar-refractivity contribution is 5.85. The van der Waals surface area contributed by atoms with Crippen molar-refractivity contribution >= 4 is 23.9 Å². The first-order valence-electron chi connectivity index (χ1n) is 9.68. The maximum Gasteiger partial charge on any atom is 0.162 e. The highest BCUT2D eigenvalue weighted by atomic mass is 35.5. The quantitative estimate of drug-likeness (QED) is 0.501. The summed E-state index contributed by atoms with van der Waals surface area (Å²) >= 11 is 0. The number of pyridine rings is 1. The van der Waals surface area contributed by atoms with Gasteiger partial charge in [0.25, 0.3) is 0 Å². The molecular formula is C22H22ClFN6. The van der Waals surface area contributed by atoms with Gasteiger partial charge in [0, 0.05) is 49.7 Å². The van der Waals surface area contributed by atoms with E-state index in [2.05, 4.69) is 27.9 Å². The van der Waals surface area contributed by atoms with Gasteiger partial charge in [0.15, 0.2) is 5.65 Å². The molecule has 0 atom stereocenters. The SMILES string of the molecule is CN1CCN(c2cc(-c3ccncc3)c3nc(-c4ccc(F)cc4)cn3n2)CC1.Cl.